The van der Waals surface area contributed by atoms with Crippen molar-refractivity contribution in [1.29, 1.82) is 5.26 Å². The highest BCUT2D eigenvalue weighted by molar-refractivity contribution is 5.90. The summed E-state index contributed by atoms with van der Waals surface area (Å²) in [5.41, 5.74) is -0.725. The van der Waals surface area contributed by atoms with Gasteiger partial charge in [0.15, 0.2) is 18.1 Å². The minimum atomic E-state index is -3.07. The Kier molecular flexibility index (Phi) is 7.32. The van der Waals surface area contributed by atoms with Gasteiger partial charge in [-0.15, -0.1) is 0 Å². The van der Waals surface area contributed by atoms with Crippen molar-refractivity contribution in [2.24, 2.45) is 0 Å². The first-order chi connectivity index (χ1) is 13.4. The zero-order valence-corrected chi connectivity index (χ0v) is 15.2. The third-order valence-corrected chi connectivity index (χ3v) is 4.23. The largest absolute Gasteiger partial charge is 0.493 e. The number of rotatable bonds is 8. The van der Waals surface area contributed by atoms with Crippen LogP contribution in [0, 0.1) is 11.3 Å². The lowest BCUT2D eigenvalue weighted by molar-refractivity contribution is -0.144. The Morgan fingerprint density at radius 2 is 2.07 bits per heavy atom. The predicted molar refractivity (Wildman–Crippen MR) is 94.6 cm³/mol. The summed E-state index contributed by atoms with van der Waals surface area (Å²) in [5, 5.41) is 11.8. The molecule has 0 atom stereocenters. The number of para-hydroxylation sites is 1. The molecule has 1 fully saturated rings. The van der Waals surface area contributed by atoms with Crippen LogP contribution in [0.2, 0.25) is 0 Å². The van der Waals surface area contributed by atoms with Crippen LogP contribution in [0.5, 0.6) is 11.5 Å². The Labute approximate surface area is 160 Å². The maximum atomic E-state index is 12.6. The van der Waals surface area contributed by atoms with Gasteiger partial charge in [-0.25, -0.2) is 4.79 Å². The van der Waals surface area contributed by atoms with Gasteiger partial charge in [-0.1, -0.05) is 12.1 Å². The molecule has 0 radical (unpaired) electrons. The van der Waals surface area contributed by atoms with Gasteiger partial charge >= 0.3 is 12.6 Å². The van der Waals surface area contributed by atoms with Crippen molar-refractivity contribution in [1.82, 2.24) is 5.32 Å². The lowest BCUT2D eigenvalue weighted by Crippen LogP contribution is -2.46. The highest BCUT2D eigenvalue weighted by Crippen LogP contribution is 2.33. The first-order valence-corrected chi connectivity index (χ1v) is 8.58. The zero-order valence-electron chi connectivity index (χ0n) is 15.2. The summed E-state index contributed by atoms with van der Waals surface area (Å²) in [6, 6.07) is 6.53. The second-order valence-corrected chi connectivity index (χ2v) is 6.15. The Morgan fingerprint density at radius 1 is 1.36 bits per heavy atom. The van der Waals surface area contributed by atoms with Crippen molar-refractivity contribution >= 4 is 18.0 Å². The number of nitriles is 1. The molecular weight excluding hydrogens is 374 g/mol. The molecule has 0 aliphatic heterocycles. The molecule has 0 aromatic heterocycles. The topological polar surface area (TPSA) is 97.6 Å². The molecule has 7 nitrogen and oxygen atoms in total. The van der Waals surface area contributed by atoms with Gasteiger partial charge in [-0.05, 0) is 37.8 Å². The van der Waals surface area contributed by atoms with Gasteiger partial charge in [0.05, 0.1) is 13.2 Å². The number of ether oxygens (including phenoxy) is 3. The summed E-state index contributed by atoms with van der Waals surface area (Å²) < 4.78 is 39.4. The highest BCUT2D eigenvalue weighted by Gasteiger charge is 2.35. The van der Waals surface area contributed by atoms with Crippen molar-refractivity contribution in [2.75, 3.05) is 13.7 Å². The lowest BCUT2D eigenvalue weighted by atomic mass is 10.00. The average molecular weight is 394 g/mol. The first-order valence-electron chi connectivity index (χ1n) is 8.58. The van der Waals surface area contributed by atoms with E-state index in [2.05, 4.69) is 16.1 Å². The molecule has 1 aromatic carbocycles. The number of carbonyl (C=O) groups is 2. The van der Waals surface area contributed by atoms with Crippen LogP contribution in [0.1, 0.15) is 31.2 Å². The number of hydrogen-bond acceptors (Lipinski definition) is 6. The van der Waals surface area contributed by atoms with Crippen molar-refractivity contribution in [3.8, 4) is 17.6 Å². The van der Waals surface area contributed by atoms with E-state index in [-0.39, 0.29) is 17.1 Å². The third-order valence-electron chi connectivity index (χ3n) is 4.23. The van der Waals surface area contributed by atoms with Crippen LogP contribution >= 0.6 is 0 Å². The Balaban J connectivity index is 1.95. The van der Waals surface area contributed by atoms with E-state index in [1.807, 2.05) is 0 Å². The van der Waals surface area contributed by atoms with E-state index in [0.29, 0.717) is 12.8 Å². The Bertz CT molecular complexity index is 783. The normalized spacial score (nSPS) is 15.2. The monoisotopic (exact) mass is 394 g/mol. The van der Waals surface area contributed by atoms with Gasteiger partial charge < -0.3 is 19.5 Å². The Hall–Kier alpha value is -3.15. The first kappa shape index (κ1) is 21.2. The van der Waals surface area contributed by atoms with Crippen LogP contribution in [0.25, 0.3) is 6.08 Å². The predicted octanol–water partition coefficient (Wildman–Crippen LogP) is 2.81. The van der Waals surface area contributed by atoms with E-state index >= 15 is 0 Å². The molecule has 28 heavy (non-hydrogen) atoms. The molecule has 2 rings (SSSR count). The molecule has 1 N–H and O–H groups in total. The molecule has 1 amide bonds. The highest BCUT2D eigenvalue weighted by atomic mass is 19.3. The van der Waals surface area contributed by atoms with Crippen LogP contribution in [-0.4, -0.2) is 37.7 Å². The number of alkyl halides is 2. The van der Waals surface area contributed by atoms with Crippen LogP contribution < -0.4 is 14.8 Å². The van der Waals surface area contributed by atoms with Gasteiger partial charge in [0.1, 0.15) is 5.54 Å². The molecular formula is C19H20F2N2O5. The second kappa shape index (κ2) is 9.69. The average Bonchev–Trinajstić information content (AvgIpc) is 3.14. The fourth-order valence-corrected chi connectivity index (χ4v) is 2.93. The number of halogens is 2. The van der Waals surface area contributed by atoms with Gasteiger partial charge in [0.2, 0.25) is 0 Å². The number of nitrogens with zero attached hydrogens (tertiary/aromatic N) is 1. The maximum Gasteiger partial charge on any atom is 0.387 e. The van der Waals surface area contributed by atoms with Crippen LogP contribution in [-0.2, 0) is 14.3 Å². The van der Waals surface area contributed by atoms with Gasteiger partial charge in [0.25, 0.3) is 5.91 Å². The summed E-state index contributed by atoms with van der Waals surface area (Å²) in [6.45, 7) is -3.62. The van der Waals surface area contributed by atoms with Gasteiger partial charge in [-0.3, -0.25) is 4.79 Å². The molecule has 1 saturated carbocycles. The smallest absolute Gasteiger partial charge is 0.387 e. The van der Waals surface area contributed by atoms with E-state index in [4.69, 9.17) is 9.47 Å². The van der Waals surface area contributed by atoms with E-state index in [1.54, 1.807) is 6.07 Å². The van der Waals surface area contributed by atoms with E-state index in [9.17, 15) is 23.6 Å². The van der Waals surface area contributed by atoms with E-state index in [1.165, 1.54) is 25.3 Å². The summed E-state index contributed by atoms with van der Waals surface area (Å²) in [7, 11) is 1.30. The molecule has 0 spiro atoms. The number of benzene rings is 1. The minimum Gasteiger partial charge on any atom is -0.493 e. The molecule has 0 saturated heterocycles. The lowest BCUT2D eigenvalue weighted by Gasteiger charge is -2.21. The zero-order chi connectivity index (χ0) is 20.6. The summed E-state index contributed by atoms with van der Waals surface area (Å²) in [4.78, 5) is 23.7. The third kappa shape index (κ3) is 5.67. The number of nitrogens with one attached hydrogen (secondary N) is 1. The minimum absolute atomic E-state index is 0.0774. The molecule has 1 aliphatic rings. The molecule has 9 heteroatoms. The molecule has 150 valence electrons. The fourth-order valence-electron chi connectivity index (χ4n) is 2.93. The number of amides is 1. The summed E-state index contributed by atoms with van der Waals surface area (Å²) in [5.74, 6) is -1.57. The van der Waals surface area contributed by atoms with Gasteiger partial charge in [-0.2, -0.15) is 14.0 Å². The molecule has 0 bridgehead atoms. The van der Waals surface area contributed by atoms with E-state index < -0.39 is 30.6 Å². The summed E-state index contributed by atoms with van der Waals surface area (Å²) >= 11 is 0. The van der Waals surface area contributed by atoms with Crippen molar-refractivity contribution in [2.45, 2.75) is 37.8 Å². The fraction of sp³-hybridized carbons (Fsp3) is 0.421. The second-order valence-electron chi connectivity index (χ2n) is 6.15. The van der Waals surface area contributed by atoms with Crippen LogP contribution in [0.3, 0.4) is 0 Å². The summed E-state index contributed by atoms with van der Waals surface area (Å²) in [6.07, 6.45) is 5.02. The van der Waals surface area contributed by atoms with Gasteiger partial charge in [0, 0.05) is 11.6 Å². The van der Waals surface area contributed by atoms with Crippen molar-refractivity contribution < 1.29 is 32.6 Å². The van der Waals surface area contributed by atoms with E-state index in [0.717, 1.165) is 18.9 Å². The molecule has 1 aromatic rings. The quantitative estimate of drug-likeness (QED) is 0.538. The number of methoxy groups -OCH3 is 1. The van der Waals surface area contributed by atoms with Crippen LogP contribution in [0.4, 0.5) is 8.78 Å². The Morgan fingerprint density at radius 3 is 2.68 bits per heavy atom. The number of hydrogen-bond donors (Lipinski definition) is 1. The molecule has 1 aliphatic carbocycles. The molecule has 0 heterocycles. The number of carbonyl (C=O) groups excluding carboxylic acids is 2. The van der Waals surface area contributed by atoms with Crippen LogP contribution in [0.15, 0.2) is 24.3 Å². The molecule has 0 unspecified atom stereocenters. The standard InChI is InChI=1S/C19H20F2N2O5/c1-26-14-6-4-5-13(17(14)28-18(20)21)7-8-16(25)27-11-15(24)23-19(12-22)9-2-3-10-19/h4-8,18H,2-3,9-11H2,1H3,(H,23,24)/b8-7+. The van der Waals surface area contributed by atoms with Crippen molar-refractivity contribution in [3.63, 3.8) is 0 Å². The maximum absolute atomic E-state index is 12.6. The van der Waals surface area contributed by atoms with Crippen molar-refractivity contribution in [3.05, 3.63) is 29.8 Å². The number of esters is 1. The SMILES string of the molecule is COc1cccc(/C=C/C(=O)OCC(=O)NC2(C#N)CCCC2)c1OC(F)F.